The summed E-state index contributed by atoms with van der Waals surface area (Å²) in [4.78, 5) is 12.9. The van der Waals surface area contributed by atoms with E-state index in [2.05, 4.69) is 10.6 Å². The summed E-state index contributed by atoms with van der Waals surface area (Å²) < 4.78 is 5.11. The van der Waals surface area contributed by atoms with Crippen LogP contribution >= 0.6 is 11.8 Å². The lowest BCUT2D eigenvalue weighted by molar-refractivity contribution is -0.120. The fourth-order valence-electron chi connectivity index (χ4n) is 2.19. The van der Waals surface area contributed by atoms with Crippen LogP contribution in [-0.4, -0.2) is 37.9 Å². The molecule has 20 heavy (non-hydrogen) atoms. The molecule has 0 spiro atoms. The summed E-state index contributed by atoms with van der Waals surface area (Å²) >= 11 is 1.69. The molecule has 0 bridgehead atoms. The van der Waals surface area contributed by atoms with Gasteiger partial charge in [-0.25, -0.2) is 0 Å². The fraction of sp³-hybridized carbons (Fsp3) is 0.533. The van der Waals surface area contributed by atoms with E-state index in [1.807, 2.05) is 24.3 Å². The lowest BCUT2D eigenvalue weighted by Crippen LogP contribution is -2.37. The third kappa shape index (κ3) is 5.06. The Morgan fingerprint density at radius 1 is 1.45 bits per heavy atom. The third-order valence-electron chi connectivity index (χ3n) is 3.37. The molecule has 2 N–H and O–H groups in total. The molecule has 0 aromatic heterocycles. The molecular weight excluding hydrogens is 272 g/mol. The standard InChI is InChI=1S/C15H22N2O2S/c1-19-13-4-6-14(7-5-13)20-10-8-15(18)17-11-12-3-2-9-16-12/h4-7,12,16H,2-3,8-11H2,1H3,(H,17,18). The highest BCUT2D eigenvalue weighted by atomic mass is 32.2. The highest BCUT2D eigenvalue weighted by Gasteiger charge is 2.14. The van der Waals surface area contributed by atoms with Crippen molar-refractivity contribution in [2.45, 2.75) is 30.2 Å². The van der Waals surface area contributed by atoms with Crippen LogP contribution in [0.15, 0.2) is 29.2 Å². The largest absolute Gasteiger partial charge is 0.497 e. The zero-order chi connectivity index (χ0) is 14.2. The van der Waals surface area contributed by atoms with E-state index in [0.29, 0.717) is 12.5 Å². The lowest BCUT2D eigenvalue weighted by atomic mass is 10.2. The van der Waals surface area contributed by atoms with Crippen LogP contribution < -0.4 is 15.4 Å². The molecule has 1 saturated heterocycles. The summed E-state index contributed by atoms with van der Waals surface area (Å²) in [5, 5.41) is 6.37. The molecule has 110 valence electrons. The van der Waals surface area contributed by atoms with Crippen LogP contribution in [0.3, 0.4) is 0 Å². The second-order valence-corrected chi connectivity index (χ2v) is 6.04. The molecular formula is C15H22N2O2S. The van der Waals surface area contributed by atoms with Gasteiger partial charge >= 0.3 is 0 Å². The van der Waals surface area contributed by atoms with E-state index >= 15 is 0 Å². The Balaban J connectivity index is 1.60. The van der Waals surface area contributed by atoms with Crippen LogP contribution in [0.1, 0.15) is 19.3 Å². The maximum absolute atomic E-state index is 11.7. The molecule has 1 unspecified atom stereocenters. The average molecular weight is 294 g/mol. The van der Waals surface area contributed by atoms with E-state index in [0.717, 1.165) is 29.5 Å². The van der Waals surface area contributed by atoms with Crippen molar-refractivity contribution in [2.75, 3.05) is 26.0 Å². The van der Waals surface area contributed by atoms with Gasteiger partial charge in [-0.05, 0) is 43.7 Å². The third-order valence-corrected chi connectivity index (χ3v) is 4.38. The Labute approximate surface area is 124 Å². The van der Waals surface area contributed by atoms with Crippen LogP contribution in [0, 0.1) is 0 Å². The summed E-state index contributed by atoms with van der Waals surface area (Å²) in [7, 11) is 1.66. The summed E-state index contributed by atoms with van der Waals surface area (Å²) in [6, 6.07) is 8.38. The van der Waals surface area contributed by atoms with Crippen molar-refractivity contribution >= 4 is 17.7 Å². The predicted octanol–water partition coefficient (Wildman–Crippen LogP) is 2.05. The molecule has 1 aliphatic heterocycles. The van der Waals surface area contributed by atoms with Crippen molar-refractivity contribution in [3.05, 3.63) is 24.3 Å². The topological polar surface area (TPSA) is 50.4 Å². The van der Waals surface area contributed by atoms with Crippen molar-refractivity contribution < 1.29 is 9.53 Å². The predicted molar refractivity (Wildman–Crippen MR) is 82.4 cm³/mol. The summed E-state index contributed by atoms with van der Waals surface area (Å²) in [5.74, 6) is 1.80. The SMILES string of the molecule is COc1ccc(SCCC(=O)NCC2CCCN2)cc1. The molecule has 5 heteroatoms. The van der Waals surface area contributed by atoms with E-state index in [4.69, 9.17) is 4.74 Å². The molecule has 1 amide bonds. The highest BCUT2D eigenvalue weighted by Crippen LogP contribution is 2.21. The van der Waals surface area contributed by atoms with Crippen LogP contribution in [0.5, 0.6) is 5.75 Å². The van der Waals surface area contributed by atoms with Gasteiger partial charge in [0, 0.05) is 29.7 Å². The first-order chi connectivity index (χ1) is 9.78. The van der Waals surface area contributed by atoms with Gasteiger partial charge in [-0.1, -0.05) is 0 Å². The number of ether oxygens (including phenoxy) is 1. The smallest absolute Gasteiger partial charge is 0.220 e. The van der Waals surface area contributed by atoms with Gasteiger partial charge < -0.3 is 15.4 Å². The molecule has 1 aromatic rings. The normalized spacial score (nSPS) is 17.9. The first kappa shape index (κ1) is 15.2. The number of nitrogens with one attached hydrogen (secondary N) is 2. The number of thioether (sulfide) groups is 1. The summed E-state index contributed by atoms with van der Waals surface area (Å²) in [6.45, 7) is 1.83. The van der Waals surface area contributed by atoms with E-state index in [1.54, 1.807) is 18.9 Å². The van der Waals surface area contributed by atoms with Gasteiger partial charge in [-0.2, -0.15) is 0 Å². The number of carbonyl (C=O) groups excluding carboxylic acids is 1. The first-order valence-corrected chi connectivity index (χ1v) is 8.03. The van der Waals surface area contributed by atoms with E-state index in [-0.39, 0.29) is 5.91 Å². The van der Waals surface area contributed by atoms with Gasteiger partial charge in [-0.3, -0.25) is 4.79 Å². The maximum atomic E-state index is 11.7. The molecule has 1 aliphatic rings. The van der Waals surface area contributed by atoms with Gasteiger partial charge in [0.25, 0.3) is 0 Å². The monoisotopic (exact) mass is 294 g/mol. The second-order valence-electron chi connectivity index (χ2n) is 4.87. The number of rotatable bonds is 7. The zero-order valence-electron chi connectivity index (χ0n) is 11.9. The minimum atomic E-state index is 0.139. The van der Waals surface area contributed by atoms with Gasteiger partial charge in [0.15, 0.2) is 0 Å². The quantitative estimate of drug-likeness (QED) is 0.756. The molecule has 4 nitrogen and oxygen atoms in total. The Morgan fingerprint density at radius 3 is 2.90 bits per heavy atom. The molecule has 0 saturated carbocycles. The van der Waals surface area contributed by atoms with E-state index in [1.165, 1.54) is 12.8 Å². The van der Waals surface area contributed by atoms with Crippen molar-refractivity contribution in [1.29, 1.82) is 0 Å². The number of methoxy groups -OCH3 is 1. The van der Waals surface area contributed by atoms with E-state index < -0.39 is 0 Å². The summed E-state index contributed by atoms with van der Waals surface area (Å²) in [5.41, 5.74) is 0. The number of carbonyl (C=O) groups is 1. The molecule has 1 heterocycles. The van der Waals surface area contributed by atoms with Gasteiger partial charge in [0.05, 0.1) is 7.11 Å². The van der Waals surface area contributed by atoms with Crippen LogP contribution in [0.25, 0.3) is 0 Å². The number of amides is 1. The van der Waals surface area contributed by atoms with Crippen molar-refractivity contribution in [2.24, 2.45) is 0 Å². The molecule has 2 rings (SSSR count). The minimum absolute atomic E-state index is 0.139. The Kier molecular flexibility index (Phi) is 6.21. The number of benzene rings is 1. The molecule has 1 atom stereocenters. The van der Waals surface area contributed by atoms with Gasteiger partial charge in [0.1, 0.15) is 5.75 Å². The Bertz CT molecular complexity index is 416. The first-order valence-electron chi connectivity index (χ1n) is 7.05. The van der Waals surface area contributed by atoms with Gasteiger partial charge in [0.2, 0.25) is 5.91 Å². The summed E-state index contributed by atoms with van der Waals surface area (Å²) in [6.07, 6.45) is 2.94. The average Bonchev–Trinajstić information content (AvgIpc) is 2.99. The number of hydrogen-bond acceptors (Lipinski definition) is 4. The molecule has 0 radical (unpaired) electrons. The van der Waals surface area contributed by atoms with Gasteiger partial charge in [-0.15, -0.1) is 11.8 Å². The lowest BCUT2D eigenvalue weighted by Gasteiger charge is -2.11. The van der Waals surface area contributed by atoms with Crippen molar-refractivity contribution in [3.8, 4) is 5.75 Å². The van der Waals surface area contributed by atoms with Crippen LogP contribution in [0.4, 0.5) is 0 Å². The molecule has 1 aromatic carbocycles. The zero-order valence-corrected chi connectivity index (χ0v) is 12.7. The molecule has 0 aliphatic carbocycles. The minimum Gasteiger partial charge on any atom is -0.497 e. The van der Waals surface area contributed by atoms with E-state index in [9.17, 15) is 4.79 Å². The highest BCUT2D eigenvalue weighted by molar-refractivity contribution is 7.99. The van der Waals surface area contributed by atoms with Crippen molar-refractivity contribution in [3.63, 3.8) is 0 Å². The van der Waals surface area contributed by atoms with Crippen LogP contribution in [0.2, 0.25) is 0 Å². The Morgan fingerprint density at radius 2 is 2.25 bits per heavy atom. The van der Waals surface area contributed by atoms with Crippen LogP contribution in [-0.2, 0) is 4.79 Å². The fourth-order valence-corrected chi connectivity index (χ4v) is 3.04. The second kappa shape index (κ2) is 8.17. The molecule has 1 fully saturated rings. The Hall–Kier alpha value is -1.20. The maximum Gasteiger partial charge on any atom is 0.220 e. The number of hydrogen-bond donors (Lipinski definition) is 2. The van der Waals surface area contributed by atoms with Crippen molar-refractivity contribution in [1.82, 2.24) is 10.6 Å².